The van der Waals surface area contributed by atoms with E-state index >= 15 is 0 Å². The van der Waals surface area contributed by atoms with Crippen molar-refractivity contribution in [2.45, 2.75) is 6.04 Å². The van der Waals surface area contributed by atoms with Crippen LogP contribution in [0.5, 0.6) is 0 Å². The minimum Gasteiger partial charge on any atom is -0.347 e. The number of hydrogen-bond acceptors (Lipinski definition) is 4. The maximum absolute atomic E-state index is 13.1. The zero-order valence-electron chi connectivity index (χ0n) is 12.3. The largest absolute Gasteiger partial charge is 0.347 e. The lowest BCUT2D eigenvalue weighted by Crippen LogP contribution is -2.30. The van der Waals surface area contributed by atoms with E-state index in [4.69, 9.17) is 0 Å². The first-order valence-electron chi connectivity index (χ1n) is 6.63. The van der Waals surface area contributed by atoms with Gasteiger partial charge in [0.25, 0.3) is 5.91 Å². The second kappa shape index (κ2) is 6.93. The summed E-state index contributed by atoms with van der Waals surface area (Å²) in [7, 11) is 3.56. The van der Waals surface area contributed by atoms with Gasteiger partial charge in [-0.25, -0.2) is 18.7 Å². The highest BCUT2D eigenvalue weighted by atomic mass is 19.1. The number of amides is 1. The maximum atomic E-state index is 13.1. The van der Waals surface area contributed by atoms with E-state index in [1.165, 1.54) is 36.7 Å². The Labute approximate surface area is 127 Å². The number of nitrogens with one attached hydrogen (secondary N) is 1. The summed E-state index contributed by atoms with van der Waals surface area (Å²) in [6.45, 7) is -0.798. The molecule has 5 nitrogen and oxygen atoms in total. The summed E-state index contributed by atoms with van der Waals surface area (Å²) in [5.41, 5.74) is 0.717. The number of carbonyl (C=O) groups excluding carboxylic acids is 1. The summed E-state index contributed by atoms with van der Waals surface area (Å²) in [6, 6.07) is 4.47. The monoisotopic (exact) mass is 306 g/mol. The van der Waals surface area contributed by atoms with Crippen molar-refractivity contribution in [3.8, 4) is 0 Å². The third-order valence-corrected chi connectivity index (χ3v) is 3.03. The third kappa shape index (κ3) is 3.75. The molecule has 116 valence electrons. The van der Waals surface area contributed by atoms with Gasteiger partial charge in [0.1, 0.15) is 12.5 Å². The van der Waals surface area contributed by atoms with E-state index in [2.05, 4.69) is 15.3 Å². The minimum atomic E-state index is -0.846. The van der Waals surface area contributed by atoms with Gasteiger partial charge < -0.3 is 10.2 Å². The summed E-state index contributed by atoms with van der Waals surface area (Å²) < 4.78 is 26.0. The highest BCUT2D eigenvalue weighted by molar-refractivity contribution is 5.93. The molecule has 7 heteroatoms. The molecule has 1 aromatic carbocycles. The quantitative estimate of drug-likeness (QED) is 0.919. The van der Waals surface area contributed by atoms with Crippen molar-refractivity contribution in [1.82, 2.24) is 15.3 Å². The molecule has 0 saturated heterocycles. The van der Waals surface area contributed by atoms with Crippen LogP contribution in [0.2, 0.25) is 0 Å². The van der Waals surface area contributed by atoms with Gasteiger partial charge in [0.2, 0.25) is 5.95 Å². The summed E-state index contributed by atoms with van der Waals surface area (Å²) in [6.07, 6.45) is 2.75. The van der Waals surface area contributed by atoms with Crippen molar-refractivity contribution < 1.29 is 13.6 Å². The van der Waals surface area contributed by atoms with Crippen molar-refractivity contribution in [2.24, 2.45) is 0 Å². The number of carbonyl (C=O) groups is 1. The molecule has 0 aliphatic heterocycles. The van der Waals surface area contributed by atoms with Gasteiger partial charge in [-0.15, -0.1) is 0 Å². The molecule has 22 heavy (non-hydrogen) atoms. The molecule has 2 rings (SSSR count). The number of nitrogens with zero attached hydrogens (tertiary/aromatic N) is 3. The van der Waals surface area contributed by atoms with Gasteiger partial charge >= 0.3 is 0 Å². The molecule has 1 heterocycles. The molecule has 1 unspecified atom stereocenters. The fraction of sp³-hybridized carbons (Fsp3) is 0.267. The molecule has 1 aromatic heterocycles. The van der Waals surface area contributed by atoms with Gasteiger partial charge in [0.05, 0.1) is 11.6 Å². The first-order chi connectivity index (χ1) is 10.5. The zero-order chi connectivity index (χ0) is 16.1. The van der Waals surface area contributed by atoms with E-state index in [0.717, 1.165) is 0 Å². The second-order valence-electron chi connectivity index (χ2n) is 4.90. The standard InChI is InChI=1S/C15H16F2N4O/c1-21(2)15-18-8-11(9-19-15)14(22)20-13(7-16)10-3-5-12(17)6-4-10/h3-6,8-9,13H,7H2,1-2H3,(H,20,22). The van der Waals surface area contributed by atoms with Gasteiger partial charge in [0, 0.05) is 26.5 Å². The maximum Gasteiger partial charge on any atom is 0.254 e. The lowest BCUT2D eigenvalue weighted by atomic mass is 10.1. The molecule has 0 bridgehead atoms. The molecule has 0 aliphatic rings. The lowest BCUT2D eigenvalue weighted by molar-refractivity contribution is 0.0929. The number of anilines is 1. The number of hydrogen-bond donors (Lipinski definition) is 1. The molecule has 2 aromatic rings. The topological polar surface area (TPSA) is 58.1 Å². The number of halogens is 2. The van der Waals surface area contributed by atoms with Crippen molar-refractivity contribution in [3.05, 3.63) is 53.6 Å². The van der Waals surface area contributed by atoms with E-state index in [1.807, 2.05) is 0 Å². The zero-order valence-corrected chi connectivity index (χ0v) is 12.3. The average molecular weight is 306 g/mol. The van der Waals surface area contributed by atoms with Gasteiger partial charge in [-0.3, -0.25) is 4.79 Å². The normalized spacial score (nSPS) is 11.8. The Morgan fingerprint density at radius 2 is 1.82 bits per heavy atom. The second-order valence-corrected chi connectivity index (χ2v) is 4.90. The molecule has 0 radical (unpaired) electrons. The van der Waals surface area contributed by atoms with Gasteiger partial charge in [-0.05, 0) is 17.7 Å². The van der Waals surface area contributed by atoms with E-state index in [0.29, 0.717) is 11.5 Å². The van der Waals surface area contributed by atoms with Crippen molar-refractivity contribution in [3.63, 3.8) is 0 Å². The predicted molar refractivity (Wildman–Crippen MR) is 78.9 cm³/mol. The number of alkyl halides is 1. The Kier molecular flexibility index (Phi) is 4.98. The van der Waals surface area contributed by atoms with Crippen LogP contribution in [0, 0.1) is 5.82 Å². The van der Waals surface area contributed by atoms with Crippen molar-refractivity contribution >= 4 is 11.9 Å². The van der Waals surface area contributed by atoms with Gasteiger partial charge in [0.15, 0.2) is 0 Å². The summed E-state index contributed by atoms with van der Waals surface area (Å²) in [5, 5.41) is 2.54. The van der Waals surface area contributed by atoms with Crippen LogP contribution in [-0.2, 0) is 0 Å². The van der Waals surface area contributed by atoms with Crippen LogP contribution in [0.1, 0.15) is 22.0 Å². The minimum absolute atomic E-state index is 0.228. The summed E-state index contributed by atoms with van der Waals surface area (Å²) >= 11 is 0. The van der Waals surface area contributed by atoms with Gasteiger partial charge in [-0.1, -0.05) is 12.1 Å². The first kappa shape index (κ1) is 15.8. The number of benzene rings is 1. The highest BCUT2D eigenvalue weighted by Gasteiger charge is 2.16. The van der Waals surface area contributed by atoms with E-state index in [-0.39, 0.29) is 5.56 Å². The van der Waals surface area contributed by atoms with Crippen LogP contribution in [0.4, 0.5) is 14.7 Å². The lowest BCUT2D eigenvalue weighted by Gasteiger charge is -2.16. The molecule has 0 saturated carbocycles. The third-order valence-electron chi connectivity index (χ3n) is 3.03. The molecule has 1 N–H and O–H groups in total. The van der Waals surface area contributed by atoms with E-state index < -0.39 is 24.4 Å². The predicted octanol–water partition coefficient (Wildman–Crippen LogP) is 2.12. The summed E-state index contributed by atoms with van der Waals surface area (Å²) in [5.74, 6) is -0.435. The van der Waals surface area contributed by atoms with Crippen molar-refractivity contribution in [1.29, 1.82) is 0 Å². The Hall–Kier alpha value is -2.57. The van der Waals surface area contributed by atoms with Gasteiger partial charge in [-0.2, -0.15) is 0 Å². The number of aromatic nitrogens is 2. The van der Waals surface area contributed by atoms with Crippen LogP contribution < -0.4 is 10.2 Å². The Balaban J connectivity index is 2.10. The van der Waals surface area contributed by atoms with E-state index in [9.17, 15) is 13.6 Å². The van der Waals surface area contributed by atoms with Crippen molar-refractivity contribution in [2.75, 3.05) is 25.7 Å². The molecule has 1 atom stereocenters. The first-order valence-corrected chi connectivity index (χ1v) is 6.63. The smallest absolute Gasteiger partial charge is 0.254 e. The van der Waals surface area contributed by atoms with Crippen LogP contribution in [0.25, 0.3) is 0 Å². The highest BCUT2D eigenvalue weighted by Crippen LogP contribution is 2.15. The van der Waals surface area contributed by atoms with Crippen LogP contribution in [0.3, 0.4) is 0 Å². The molecule has 0 spiro atoms. The SMILES string of the molecule is CN(C)c1ncc(C(=O)NC(CF)c2ccc(F)cc2)cn1. The Bertz CT molecular complexity index is 629. The number of rotatable bonds is 5. The van der Waals surface area contributed by atoms with E-state index in [1.54, 1.807) is 19.0 Å². The molecular formula is C15H16F2N4O. The molecular weight excluding hydrogens is 290 g/mol. The van der Waals surface area contributed by atoms with Crippen LogP contribution in [-0.4, -0.2) is 36.6 Å². The Morgan fingerprint density at radius 3 is 2.32 bits per heavy atom. The van der Waals surface area contributed by atoms with Crippen LogP contribution >= 0.6 is 0 Å². The fourth-order valence-electron chi connectivity index (χ4n) is 1.82. The Morgan fingerprint density at radius 1 is 1.23 bits per heavy atom. The summed E-state index contributed by atoms with van der Waals surface area (Å²) in [4.78, 5) is 21.8. The average Bonchev–Trinajstić information content (AvgIpc) is 2.53. The molecule has 1 amide bonds. The fourth-order valence-corrected chi connectivity index (χ4v) is 1.82. The van der Waals surface area contributed by atoms with Crippen LogP contribution in [0.15, 0.2) is 36.7 Å². The molecule has 0 aliphatic carbocycles. The molecule has 0 fully saturated rings.